The Hall–Kier alpha value is -2.06. The third-order valence-electron chi connectivity index (χ3n) is 3.06. The van der Waals surface area contributed by atoms with Crippen molar-refractivity contribution in [3.8, 4) is 5.40 Å². The Morgan fingerprint density at radius 3 is 2.45 bits per heavy atom. The maximum absolute atomic E-state index is 11.3. The zero-order chi connectivity index (χ0) is 15.1. The number of anilines is 1. The molecule has 1 aromatic carbocycles. The van der Waals surface area contributed by atoms with Crippen LogP contribution in [0.15, 0.2) is 33.5 Å². The lowest BCUT2D eigenvalue weighted by atomic mass is 10.1. The van der Waals surface area contributed by atoms with Gasteiger partial charge in [0, 0.05) is 36.3 Å². The molecule has 106 valence electrons. The zero-order valence-corrected chi connectivity index (χ0v) is 12.7. The van der Waals surface area contributed by atoms with E-state index in [1.807, 2.05) is 19.1 Å². The number of thiocyanates is 1. The van der Waals surface area contributed by atoms with Crippen molar-refractivity contribution in [2.45, 2.75) is 20.8 Å². The van der Waals surface area contributed by atoms with E-state index in [4.69, 9.17) is 9.68 Å². The van der Waals surface area contributed by atoms with E-state index in [2.05, 4.69) is 37.4 Å². The van der Waals surface area contributed by atoms with Crippen molar-refractivity contribution in [2.24, 2.45) is 0 Å². The number of hydrogen-bond donors (Lipinski definition) is 0. The molecule has 0 unspecified atom stereocenters. The quantitative estimate of drug-likeness (QED) is 0.494. The summed E-state index contributed by atoms with van der Waals surface area (Å²) in [5.74, 6) is 0. The number of nitriles is 1. The van der Waals surface area contributed by atoms with Crippen LogP contribution < -0.4 is 10.5 Å². The van der Waals surface area contributed by atoms with Crippen molar-refractivity contribution in [2.75, 3.05) is 18.0 Å². The second kappa shape index (κ2) is 7.51. The summed E-state index contributed by atoms with van der Waals surface area (Å²) in [6.45, 7) is 8.03. The molecule has 0 amide bonds. The molecule has 0 aliphatic carbocycles. The summed E-state index contributed by atoms with van der Waals surface area (Å²) in [7, 11) is 0. The molecule has 0 fully saturated rings. The van der Waals surface area contributed by atoms with Gasteiger partial charge in [0.25, 0.3) is 0 Å². The molecule has 0 atom stereocenters. The Kier molecular flexibility index (Phi) is 6.01. The molecule has 0 radical (unpaired) electrons. The van der Waals surface area contributed by atoms with Crippen LogP contribution in [0.1, 0.15) is 19.4 Å². The van der Waals surface area contributed by atoms with Crippen LogP contribution >= 0.6 is 0 Å². The molecule has 5 heteroatoms. The first-order valence-corrected chi connectivity index (χ1v) is 6.78. The molecule has 0 aliphatic heterocycles. The standard InChI is InChI=1S/C14H17NO2.CHNS/c1-4-15(5-2)11-6-7-12-10(3)8-14(16)17-13(12)9-11;2-1-3/h6-9H,4-5H2,1-3H3;3H/p-1. The van der Waals surface area contributed by atoms with Crippen LogP contribution in [0.25, 0.3) is 11.0 Å². The fourth-order valence-corrected chi connectivity index (χ4v) is 2.10. The monoisotopic (exact) mass is 289 g/mol. The number of aryl methyl sites for hydroxylation is 1. The summed E-state index contributed by atoms with van der Waals surface area (Å²) in [5.41, 5.74) is 2.43. The van der Waals surface area contributed by atoms with Crippen LogP contribution in [0.4, 0.5) is 5.69 Å². The normalized spacial score (nSPS) is 9.50. The van der Waals surface area contributed by atoms with Gasteiger partial charge in [-0.15, -0.1) is 0 Å². The van der Waals surface area contributed by atoms with Gasteiger partial charge in [-0.1, -0.05) is 5.40 Å². The SMILES string of the molecule is CCN(CC)c1ccc2c(C)cc(=O)oc2c1.N#C[S-]. The lowest BCUT2D eigenvalue weighted by Gasteiger charge is -2.21. The predicted octanol–water partition coefficient (Wildman–Crippen LogP) is 2.96. The lowest BCUT2D eigenvalue weighted by molar-refractivity contribution is 0.560. The van der Waals surface area contributed by atoms with Gasteiger partial charge in [-0.25, -0.2) is 10.1 Å². The minimum Gasteiger partial charge on any atom is -0.696 e. The summed E-state index contributed by atoms with van der Waals surface area (Å²) >= 11 is 3.70. The number of benzene rings is 1. The highest BCUT2D eigenvalue weighted by Gasteiger charge is 2.06. The van der Waals surface area contributed by atoms with Gasteiger partial charge in [-0.2, -0.15) is 0 Å². The molecule has 2 rings (SSSR count). The van der Waals surface area contributed by atoms with Crippen molar-refractivity contribution < 1.29 is 4.42 Å². The van der Waals surface area contributed by atoms with E-state index in [1.165, 1.54) is 11.5 Å². The first-order valence-electron chi connectivity index (χ1n) is 6.38. The van der Waals surface area contributed by atoms with E-state index in [-0.39, 0.29) is 5.63 Å². The molecule has 0 saturated carbocycles. The third kappa shape index (κ3) is 3.72. The topological polar surface area (TPSA) is 57.2 Å². The van der Waals surface area contributed by atoms with E-state index < -0.39 is 0 Å². The molecule has 4 nitrogen and oxygen atoms in total. The maximum Gasteiger partial charge on any atom is 0.336 e. The molecule has 2 aromatic rings. The van der Waals surface area contributed by atoms with E-state index in [9.17, 15) is 4.79 Å². The summed E-state index contributed by atoms with van der Waals surface area (Å²) in [4.78, 5) is 13.6. The van der Waals surface area contributed by atoms with E-state index in [0.717, 1.165) is 29.7 Å². The van der Waals surface area contributed by atoms with Crippen molar-refractivity contribution >= 4 is 29.3 Å². The Bertz CT molecular complexity index is 670. The molecular weight excluding hydrogens is 272 g/mol. The van der Waals surface area contributed by atoms with Gasteiger partial charge in [-0.05, 0) is 38.5 Å². The van der Waals surface area contributed by atoms with E-state index in [1.54, 1.807) is 0 Å². The van der Waals surface area contributed by atoms with Crippen molar-refractivity contribution in [3.63, 3.8) is 0 Å². The van der Waals surface area contributed by atoms with Crippen LogP contribution in [0.3, 0.4) is 0 Å². The van der Waals surface area contributed by atoms with E-state index >= 15 is 0 Å². The lowest BCUT2D eigenvalue weighted by Crippen LogP contribution is -2.21. The number of nitrogens with zero attached hydrogens (tertiary/aromatic N) is 2. The van der Waals surface area contributed by atoms with Gasteiger partial charge >= 0.3 is 5.63 Å². The Morgan fingerprint density at radius 1 is 1.30 bits per heavy atom. The smallest absolute Gasteiger partial charge is 0.336 e. The van der Waals surface area contributed by atoms with Crippen LogP contribution in [-0.4, -0.2) is 13.1 Å². The predicted molar refractivity (Wildman–Crippen MR) is 83.8 cm³/mol. The Labute approximate surface area is 124 Å². The van der Waals surface area contributed by atoms with E-state index in [0.29, 0.717) is 5.58 Å². The number of rotatable bonds is 3. The highest BCUT2D eigenvalue weighted by atomic mass is 32.1. The van der Waals surface area contributed by atoms with Gasteiger partial charge in [0.2, 0.25) is 0 Å². The molecule has 20 heavy (non-hydrogen) atoms. The molecular formula is C15H17N2O2S-. The van der Waals surface area contributed by atoms with Gasteiger partial charge in [0.15, 0.2) is 0 Å². The molecule has 0 N–H and O–H groups in total. The van der Waals surface area contributed by atoms with Crippen molar-refractivity contribution in [1.82, 2.24) is 0 Å². The molecule has 0 saturated heterocycles. The summed E-state index contributed by atoms with van der Waals surface area (Å²) in [5, 5.41) is 9.47. The average Bonchev–Trinajstić information content (AvgIpc) is 2.40. The number of fused-ring (bicyclic) bond motifs is 1. The largest absolute Gasteiger partial charge is 0.696 e. The molecule has 0 aliphatic rings. The summed E-state index contributed by atoms with van der Waals surface area (Å²) in [6.07, 6.45) is 0. The fourth-order valence-electron chi connectivity index (χ4n) is 2.10. The van der Waals surface area contributed by atoms with Crippen LogP contribution in [0.2, 0.25) is 0 Å². The number of hydrogen-bond acceptors (Lipinski definition) is 5. The molecule has 1 heterocycles. The molecule has 0 bridgehead atoms. The van der Waals surface area contributed by atoms with Gasteiger partial charge in [-0.3, -0.25) is 0 Å². The first kappa shape index (κ1) is 16.0. The molecule has 1 aromatic heterocycles. The average molecular weight is 289 g/mol. The second-order valence-electron chi connectivity index (χ2n) is 4.19. The third-order valence-corrected chi connectivity index (χ3v) is 3.06. The minimum atomic E-state index is -0.285. The summed E-state index contributed by atoms with van der Waals surface area (Å²) < 4.78 is 5.24. The first-order chi connectivity index (χ1) is 9.57. The highest BCUT2D eigenvalue weighted by molar-refractivity contribution is 7.64. The van der Waals surface area contributed by atoms with Gasteiger partial charge < -0.3 is 21.9 Å². The van der Waals surface area contributed by atoms with Gasteiger partial charge in [0.05, 0.1) is 0 Å². The maximum atomic E-state index is 11.3. The molecule has 0 spiro atoms. The Morgan fingerprint density at radius 2 is 1.90 bits per heavy atom. The minimum absolute atomic E-state index is 0.285. The highest BCUT2D eigenvalue weighted by Crippen LogP contribution is 2.23. The Balaban J connectivity index is 0.000000612. The van der Waals surface area contributed by atoms with Crippen molar-refractivity contribution in [1.29, 1.82) is 5.26 Å². The van der Waals surface area contributed by atoms with Crippen LogP contribution in [0, 0.1) is 17.6 Å². The van der Waals surface area contributed by atoms with Gasteiger partial charge in [0.1, 0.15) is 5.58 Å². The van der Waals surface area contributed by atoms with Crippen LogP contribution in [-0.2, 0) is 12.6 Å². The zero-order valence-electron chi connectivity index (χ0n) is 11.8. The second-order valence-corrected chi connectivity index (χ2v) is 4.38. The van der Waals surface area contributed by atoms with Crippen molar-refractivity contribution in [3.05, 3.63) is 40.2 Å². The fraction of sp³-hybridized carbons (Fsp3) is 0.333. The van der Waals surface area contributed by atoms with Crippen LogP contribution in [0.5, 0.6) is 0 Å². The summed E-state index contributed by atoms with van der Waals surface area (Å²) in [6, 6.07) is 7.56.